The van der Waals surface area contributed by atoms with Crippen LogP contribution in [0.1, 0.15) is 11.8 Å². The monoisotopic (exact) mass is 222 g/mol. The average Bonchev–Trinajstić information content (AvgIpc) is 2.34. The van der Waals surface area contributed by atoms with Crippen LogP contribution in [0.25, 0.3) is 0 Å². The summed E-state index contributed by atoms with van der Waals surface area (Å²) < 4.78 is 0.773. The zero-order valence-electron chi connectivity index (χ0n) is 5.12. The number of hydrogen-bond acceptors (Lipinski definition) is 4. The maximum absolute atomic E-state index is 9.14. The number of aliphatic hydroxyl groups excluding tert-OH is 1. The second kappa shape index (κ2) is 3.43. The predicted molar refractivity (Wildman–Crippen MR) is 43.8 cm³/mol. The Kier molecular flexibility index (Phi) is 2.79. The van der Waals surface area contributed by atoms with Gasteiger partial charge in [0.15, 0.2) is 3.92 Å². The Balaban J connectivity index is 2.74. The van der Waals surface area contributed by atoms with Crippen LogP contribution in [0, 0.1) is 0 Å². The lowest BCUT2D eigenvalue weighted by molar-refractivity contribution is 0.182. The molecule has 0 saturated carbocycles. The van der Waals surface area contributed by atoms with Crippen LogP contribution >= 0.6 is 27.3 Å². The number of thiazole rings is 1. The van der Waals surface area contributed by atoms with Crippen LogP contribution in [0.2, 0.25) is 0 Å². The van der Waals surface area contributed by atoms with Gasteiger partial charge in [0.05, 0.1) is 5.69 Å². The molecule has 0 aliphatic carbocycles. The van der Waals surface area contributed by atoms with E-state index in [1.165, 1.54) is 11.3 Å². The Bertz CT molecular complexity index is 215. The highest BCUT2D eigenvalue weighted by Gasteiger charge is 2.07. The van der Waals surface area contributed by atoms with E-state index in [-0.39, 0.29) is 6.54 Å². The first-order chi connectivity index (χ1) is 4.74. The molecule has 1 heterocycles. The third-order valence-corrected chi connectivity index (χ3v) is 2.44. The predicted octanol–water partition coefficient (Wildman–Crippen LogP) is 0.898. The Morgan fingerprint density at radius 3 is 3.00 bits per heavy atom. The highest BCUT2D eigenvalue weighted by molar-refractivity contribution is 9.11. The Morgan fingerprint density at radius 2 is 2.60 bits per heavy atom. The zero-order chi connectivity index (χ0) is 7.56. The van der Waals surface area contributed by atoms with Gasteiger partial charge in [0.1, 0.15) is 6.10 Å². The molecule has 3 N–H and O–H groups in total. The second-order valence-electron chi connectivity index (χ2n) is 1.78. The number of rotatable bonds is 2. The number of halogens is 1. The van der Waals surface area contributed by atoms with Crippen molar-refractivity contribution in [3.8, 4) is 0 Å². The van der Waals surface area contributed by atoms with Gasteiger partial charge in [0.25, 0.3) is 0 Å². The molecule has 0 spiro atoms. The molecule has 0 amide bonds. The molecule has 0 bridgehead atoms. The molecule has 0 aromatic carbocycles. The summed E-state index contributed by atoms with van der Waals surface area (Å²) in [6.45, 7) is 0.218. The minimum absolute atomic E-state index is 0.218. The van der Waals surface area contributed by atoms with E-state index >= 15 is 0 Å². The van der Waals surface area contributed by atoms with E-state index in [9.17, 15) is 0 Å². The third kappa shape index (κ3) is 1.76. The van der Waals surface area contributed by atoms with Crippen LogP contribution in [0.3, 0.4) is 0 Å². The summed E-state index contributed by atoms with van der Waals surface area (Å²) in [7, 11) is 0. The summed E-state index contributed by atoms with van der Waals surface area (Å²) in [5, 5.41) is 10.9. The summed E-state index contributed by atoms with van der Waals surface area (Å²) in [5.74, 6) is 0. The van der Waals surface area contributed by atoms with Crippen molar-refractivity contribution in [1.29, 1.82) is 0 Å². The van der Waals surface area contributed by atoms with Crippen molar-refractivity contribution in [2.45, 2.75) is 6.10 Å². The van der Waals surface area contributed by atoms with Gasteiger partial charge in [-0.2, -0.15) is 0 Å². The van der Waals surface area contributed by atoms with Crippen molar-refractivity contribution in [2.24, 2.45) is 5.73 Å². The molecule has 0 saturated heterocycles. The van der Waals surface area contributed by atoms with Gasteiger partial charge in [-0.25, -0.2) is 4.98 Å². The molecule has 56 valence electrons. The molecule has 0 radical (unpaired) electrons. The number of aromatic nitrogens is 1. The molecule has 5 heteroatoms. The van der Waals surface area contributed by atoms with Crippen molar-refractivity contribution in [3.63, 3.8) is 0 Å². The van der Waals surface area contributed by atoms with Crippen LogP contribution in [-0.4, -0.2) is 16.6 Å². The van der Waals surface area contributed by atoms with Crippen molar-refractivity contribution >= 4 is 27.3 Å². The largest absolute Gasteiger partial charge is 0.385 e. The average molecular weight is 223 g/mol. The molecule has 1 atom stereocenters. The molecule has 1 rings (SSSR count). The number of hydrogen-bond donors (Lipinski definition) is 2. The smallest absolute Gasteiger partial charge is 0.159 e. The van der Waals surface area contributed by atoms with Crippen LogP contribution in [0.5, 0.6) is 0 Å². The van der Waals surface area contributed by atoms with Crippen molar-refractivity contribution < 1.29 is 5.11 Å². The first-order valence-electron chi connectivity index (χ1n) is 2.73. The van der Waals surface area contributed by atoms with E-state index in [1.807, 2.05) is 0 Å². The summed E-state index contributed by atoms with van der Waals surface area (Å²) in [6.07, 6.45) is -0.623. The molecule has 0 aliphatic rings. The normalized spacial score (nSPS) is 13.5. The number of nitrogens with zero attached hydrogens (tertiary/aromatic N) is 1. The van der Waals surface area contributed by atoms with Crippen molar-refractivity contribution in [3.05, 3.63) is 15.0 Å². The molecule has 3 nitrogen and oxygen atoms in total. The summed E-state index contributed by atoms with van der Waals surface area (Å²) in [6, 6.07) is 0. The fraction of sp³-hybridized carbons (Fsp3) is 0.400. The maximum Gasteiger partial charge on any atom is 0.159 e. The number of nitrogens with two attached hydrogens (primary N) is 1. The van der Waals surface area contributed by atoms with Crippen LogP contribution in [0.4, 0.5) is 0 Å². The Labute approximate surface area is 71.0 Å². The van der Waals surface area contributed by atoms with Gasteiger partial charge in [0.2, 0.25) is 0 Å². The van der Waals surface area contributed by atoms with Gasteiger partial charge in [0, 0.05) is 11.9 Å². The highest BCUT2D eigenvalue weighted by atomic mass is 79.9. The molecule has 1 aromatic heterocycles. The van der Waals surface area contributed by atoms with E-state index in [1.54, 1.807) is 5.38 Å². The highest BCUT2D eigenvalue weighted by Crippen LogP contribution is 2.19. The van der Waals surface area contributed by atoms with Gasteiger partial charge in [-0.15, -0.1) is 11.3 Å². The lowest BCUT2D eigenvalue weighted by Gasteiger charge is -2.00. The van der Waals surface area contributed by atoms with E-state index in [0.717, 1.165) is 3.92 Å². The first kappa shape index (κ1) is 8.13. The zero-order valence-corrected chi connectivity index (χ0v) is 7.52. The fourth-order valence-electron chi connectivity index (χ4n) is 0.537. The molecular weight excluding hydrogens is 216 g/mol. The third-order valence-electron chi connectivity index (χ3n) is 1.06. The second-order valence-corrected chi connectivity index (χ2v) is 3.91. The Hall–Kier alpha value is 0.0300. The molecule has 0 fully saturated rings. The summed E-state index contributed by atoms with van der Waals surface area (Å²) >= 11 is 4.62. The van der Waals surface area contributed by atoms with Gasteiger partial charge in [-0.05, 0) is 15.9 Å². The van der Waals surface area contributed by atoms with Gasteiger partial charge >= 0.3 is 0 Å². The fourth-order valence-corrected chi connectivity index (χ4v) is 1.61. The minimum atomic E-state index is -0.623. The minimum Gasteiger partial charge on any atom is -0.385 e. The summed E-state index contributed by atoms with van der Waals surface area (Å²) in [5.41, 5.74) is 5.85. The SMILES string of the molecule is NC[C@@H](O)c1csc(Br)n1. The van der Waals surface area contributed by atoms with Crippen LogP contribution in [-0.2, 0) is 0 Å². The Morgan fingerprint density at radius 1 is 1.90 bits per heavy atom. The standard InChI is InChI=1S/C5H7BrN2OS/c6-5-8-3(2-10-5)4(9)1-7/h2,4,9H,1,7H2/t4-/m1/s1. The van der Waals surface area contributed by atoms with E-state index in [0.29, 0.717) is 5.69 Å². The van der Waals surface area contributed by atoms with Crippen LogP contribution < -0.4 is 5.73 Å². The lowest BCUT2D eigenvalue weighted by atomic mass is 10.3. The lowest BCUT2D eigenvalue weighted by Crippen LogP contribution is -2.11. The number of aliphatic hydroxyl groups is 1. The molecule has 10 heavy (non-hydrogen) atoms. The molecular formula is C5H7BrN2OS. The van der Waals surface area contributed by atoms with Crippen molar-refractivity contribution in [1.82, 2.24) is 4.98 Å². The molecule has 1 aromatic rings. The van der Waals surface area contributed by atoms with E-state index in [4.69, 9.17) is 10.8 Å². The van der Waals surface area contributed by atoms with Crippen molar-refractivity contribution in [2.75, 3.05) is 6.54 Å². The first-order valence-corrected chi connectivity index (χ1v) is 4.40. The molecule has 0 aliphatic heterocycles. The van der Waals surface area contributed by atoms with Gasteiger partial charge in [-0.1, -0.05) is 0 Å². The maximum atomic E-state index is 9.14. The topological polar surface area (TPSA) is 59.1 Å². The van der Waals surface area contributed by atoms with Gasteiger partial charge < -0.3 is 10.8 Å². The summed E-state index contributed by atoms with van der Waals surface area (Å²) in [4.78, 5) is 3.99. The van der Waals surface area contributed by atoms with E-state index < -0.39 is 6.10 Å². The van der Waals surface area contributed by atoms with E-state index in [2.05, 4.69) is 20.9 Å². The van der Waals surface area contributed by atoms with Crippen LogP contribution in [0.15, 0.2) is 9.30 Å². The van der Waals surface area contributed by atoms with Gasteiger partial charge in [-0.3, -0.25) is 0 Å². The quantitative estimate of drug-likeness (QED) is 0.782. The molecule has 0 unspecified atom stereocenters.